The van der Waals surface area contributed by atoms with E-state index < -0.39 is 17.9 Å². The molecule has 0 bridgehead atoms. The quantitative estimate of drug-likeness (QED) is 0.289. The van der Waals surface area contributed by atoms with Gasteiger partial charge < -0.3 is 4.74 Å². The molecule has 2 N–H and O–H groups in total. The van der Waals surface area contributed by atoms with Crippen molar-refractivity contribution in [3.05, 3.63) is 89.5 Å². The Kier molecular flexibility index (Phi) is 7.42. The molecule has 0 spiro atoms. The van der Waals surface area contributed by atoms with Crippen molar-refractivity contribution in [2.45, 2.75) is 23.1 Å². The molecule has 0 radical (unpaired) electrons. The van der Waals surface area contributed by atoms with Gasteiger partial charge in [0.2, 0.25) is 0 Å². The summed E-state index contributed by atoms with van der Waals surface area (Å²) in [6, 6.07) is 23.7. The lowest BCUT2D eigenvalue weighted by Crippen LogP contribution is -2.47. The number of rotatable bonds is 7. The number of nitrogens with one attached hydrogen (secondary N) is 2. The lowest BCUT2D eigenvalue weighted by molar-refractivity contribution is -0.128. The number of amides is 2. The number of hydrogen-bond donors (Lipinski definition) is 2. The van der Waals surface area contributed by atoms with Gasteiger partial charge in [-0.3, -0.25) is 20.4 Å². The van der Waals surface area contributed by atoms with Crippen molar-refractivity contribution in [3.63, 3.8) is 0 Å². The molecule has 0 aliphatic heterocycles. The second kappa shape index (κ2) is 10.8. The van der Waals surface area contributed by atoms with Gasteiger partial charge in [0, 0.05) is 11.3 Å². The molecule has 4 aromatic rings. The van der Waals surface area contributed by atoms with Gasteiger partial charge in [-0.1, -0.05) is 36.0 Å². The van der Waals surface area contributed by atoms with Gasteiger partial charge in [0.1, 0.15) is 5.75 Å². The molecule has 1 aromatic heterocycles. The minimum Gasteiger partial charge on any atom is -0.481 e. The SMILES string of the molecule is CC(Oc1ccc(C#N)cc1)C(=O)NNC(=O)c1ccc(CSc2nc3ccccc3s2)cc1. The summed E-state index contributed by atoms with van der Waals surface area (Å²) in [6.45, 7) is 1.57. The number of nitrogens with zero attached hydrogens (tertiary/aromatic N) is 2. The molecule has 9 heteroatoms. The van der Waals surface area contributed by atoms with Gasteiger partial charge in [-0.25, -0.2) is 4.98 Å². The molecule has 0 saturated carbocycles. The van der Waals surface area contributed by atoms with E-state index in [2.05, 4.69) is 21.9 Å². The third-order valence-electron chi connectivity index (χ3n) is 4.82. The van der Waals surface area contributed by atoms with Crippen molar-refractivity contribution in [1.29, 1.82) is 5.26 Å². The second-order valence-electron chi connectivity index (χ2n) is 7.27. The maximum Gasteiger partial charge on any atom is 0.279 e. The van der Waals surface area contributed by atoms with Gasteiger partial charge in [0.15, 0.2) is 10.4 Å². The highest BCUT2D eigenvalue weighted by molar-refractivity contribution is 8.00. The van der Waals surface area contributed by atoms with E-state index in [9.17, 15) is 9.59 Å². The van der Waals surface area contributed by atoms with E-state index in [1.165, 1.54) is 0 Å². The largest absolute Gasteiger partial charge is 0.481 e. The molecule has 1 heterocycles. The lowest BCUT2D eigenvalue weighted by atomic mass is 10.1. The Morgan fingerprint density at radius 1 is 1.06 bits per heavy atom. The van der Waals surface area contributed by atoms with Crippen LogP contribution in [-0.4, -0.2) is 22.9 Å². The minimum atomic E-state index is -0.838. The molecule has 0 aliphatic rings. The first-order chi connectivity index (χ1) is 16.5. The van der Waals surface area contributed by atoms with Crippen LogP contribution in [0.15, 0.2) is 77.1 Å². The number of carbonyl (C=O) groups excluding carboxylic acids is 2. The van der Waals surface area contributed by atoms with E-state index in [1.54, 1.807) is 66.4 Å². The third-order valence-corrected chi connectivity index (χ3v) is 7.07. The van der Waals surface area contributed by atoms with Gasteiger partial charge in [0.25, 0.3) is 11.8 Å². The number of nitriles is 1. The zero-order valence-corrected chi connectivity index (χ0v) is 19.8. The van der Waals surface area contributed by atoms with Crippen LogP contribution in [0.3, 0.4) is 0 Å². The van der Waals surface area contributed by atoms with Gasteiger partial charge in [-0.15, -0.1) is 11.3 Å². The number of carbonyl (C=O) groups is 2. The van der Waals surface area contributed by atoms with Crippen molar-refractivity contribution in [2.24, 2.45) is 0 Å². The smallest absolute Gasteiger partial charge is 0.279 e. The predicted octanol–water partition coefficient (Wildman–Crippen LogP) is 4.69. The number of thioether (sulfide) groups is 1. The number of thiazole rings is 1. The summed E-state index contributed by atoms with van der Waals surface area (Å²) in [5.41, 5.74) is 7.76. The first-order valence-corrected chi connectivity index (χ1v) is 12.2. The topological polar surface area (TPSA) is 104 Å². The number of hydrazine groups is 1. The molecule has 0 saturated heterocycles. The molecular formula is C25H20N4O3S2. The van der Waals surface area contributed by atoms with Crippen LogP contribution in [0.2, 0.25) is 0 Å². The van der Waals surface area contributed by atoms with Crippen LogP contribution in [0.25, 0.3) is 10.2 Å². The number of ether oxygens (including phenoxy) is 1. The van der Waals surface area contributed by atoms with Crippen LogP contribution in [0.1, 0.15) is 28.4 Å². The first kappa shape index (κ1) is 23.3. The number of aromatic nitrogens is 1. The fourth-order valence-electron chi connectivity index (χ4n) is 2.97. The lowest BCUT2D eigenvalue weighted by Gasteiger charge is -2.15. The Bertz CT molecular complexity index is 1310. The summed E-state index contributed by atoms with van der Waals surface area (Å²) >= 11 is 3.32. The summed E-state index contributed by atoms with van der Waals surface area (Å²) < 4.78 is 7.70. The van der Waals surface area contributed by atoms with E-state index in [-0.39, 0.29) is 0 Å². The average Bonchev–Trinajstić information content (AvgIpc) is 3.29. The molecule has 4 rings (SSSR count). The molecule has 2 amide bonds. The molecule has 170 valence electrons. The van der Waals surface area contributed by atoms with E-state index in [1.807, 2.05) is 36.4 Å². The van der Waals surface area contributed by atoms with Crippen molar-refractivity contribution < 1.29 is 14.3 Å². The van der Waals surface area contributed by atoms with Crippen molar-refractivity contribution >= 4 is 45.1 Å². The minimum absolute atomic E-state index is 0.426. The van der Waals surface area contributed by atoms with E-state index in [0.717, 1.165) is 25.9 Å². The Balaban J connectivity index is 1.24. The van der Waals surface area contributed by atoms with Crippen molar-refractivity contribution in [1.82, 2.24) is 15.8 Å². The van der Waals surface area contributed by atoms with E-state index in [4.69, 9.17) is 10.00 Å². The van der Waals surface area contributed by atoms with Crippen molar-refractivity contribution in [2.75, 3.05) is 0 Å². The fraction of sp³-hybridized carbons (Fsp3) is 0.120. The molecule has 0 fully saturated rings. The van der Waals surface area contributed by atoms with Crippen LogP contribution in [-0.2, 0) is 10.5 Å². The maximum atomic E-state index is 12.4. The molecule has 7 nitrogen and oxygen atoms in total. The summed E-state index contributed by atoms with van der Waals surface area (Å²) in [5.74, 6) is 0.265. The van der Waals surface area contributed by atoms with Crippen LogP contribution < -0.4 is 15.6 Å². The predicted molar refractivity (Wildman–Crippen MR) is 132 cm³/mol. The average molecular weight is 489 g/mol. The van der Waals surface area contributed by atoms with Crippen LogP contribution in [0, 0.1) is 11.3 Å². The van der Waals surface area contributed by atoms with E-state index in [0.29, 0.717) is 16.9 Å². The maximum absolute atomic E-state index is 12.4. The zero-order chi connectivity index (χ0) is 23.9. The van der Waals surface area contributed by atoms with Crippen molar-refractivity contribution in [3.8, 4) is 11.8 Å². The van der Waals surface area contributed by atoms with Gasteiger partial charge in [-0.2, -0.15) is 5.26 Å². The Morgan fingerprint density at radius 2 is 1.79 bits per heavy atom. The Hall–Kier alpha value is -3.87. The fourth-order valence-corrected chi connectivity index (χ4v) is 4.99. The van der Waals surface area contributed by atoms with Gasteiger partial charge >= 0.3 is 0 Å². The highest BCUT2D eigenvalue weighted by atomic mass is 32.2. The number of hydrogen-bond acceptors (Lipinski definition) is 7. The summed E-state index contributed by atoms with van der Waals surface area (Å²) in [4.78, 5) is 29.2. The zero-order valence-electron chi connectivity index (χ0n) is 18.1. The Labute approximate surface area is 204 Å². The number of para-hydroxylation sites is 1. The summed E-state index contributed by atoms with van der Waals surface area (Å²) in [5, 5.41) is 8.83. The van der Waals surface area contributed by atoms with Gasteiger partial charge in [0.05, 0.1) is 21.8 Å². The van der Waals surface area contributed by atoms with Crippen LogP contribution >= 0.6 is 23.1 Å². The van der Waals surface area contributed by atoms with Crippen LogP contribution in [0.4, 0.5) is 0 Å². The molecule has 3 aromatic carbocycles. The molecule has 1 atom stereocenters. The first-order valence-electron chi connectivity index (χ1n) is 10.4. The highest BCUT2D eigenvalue weighted by Gasteiger charge is 2.16. The van der Waals surface area contributed by atoms with Crippen LogP contribution in [0.5, 0.6) is 5.75 Å². The second-order valence-corrected chi connectivity index (χ2v) is 9.53. The standard InChI is InChI=1S/C25H20N4O3S2/c1-16(32-20-12-8-17(14-26)9-13-20)23(30)28-29-24(31)19-10-6-18(7-11-19)15-33-25-27-21-4-2-3-5-22(21)34-25/h2-13,16H,15H2,1H3,(H,28,30)(H,29,31). The summed E-state index contributed by atoms with van der Waals surface area (Å²) in [7, 11) is 0. The number of benzene rings is 3. The highest BCUT2D eigenvalue weighted by Crippen LogP contribution is 2.31. The van der Waals surface area contributed by atoms with E-state index >= 15 is 0 Å². The number of fused-ring (bicyclic) bond motifs is 1. The van der Waals surface area contributed by atoms with Gasteiger partial charge in [-0.05, 0) is 61.0 Å². The molecule has 1 unspecified atom stereocenters. The molecular weight excluding hydrogens is 468 g/mol. The monoisotopic (exact) mass is 488 g/mol. The summed E-state index contributed by atoms with van der Waals surface area (Å²) in [6.07, 6.45) is -0.838. The molecule has 34 heavy (non-hydrogen) atoms. The Morgan fingerprint density at radius 3 is 2.50 bits per heavy atom. The molecule has 0 aliphatic carbocycles. The third kappa shape index (κ3) is 5.92. The normalized spacial score (nSPS) is 11.4.